The van der Waals surface area contributed by atoms with E-state index in [0.29, 0.717) is 5.95 Å². The van der Waals surface area contributed by atoms with Crippen molar-refractivity contribution in [3.63, 3.8) is 0 Å². The Morgan fingerprint density at radius 3 is 2.58 bits per heavy atom. The highest BCUT2D eigenvalue weighted by Gasteiger charge is 2.27. The Labute approximate surface area is 141 Å². The minimum atomic E-state index is -0.503. The van der Waals surface area contributed by atoms with E-state index < -0.39 is 5.60 Å². The molecule has 1 fully saturated rings. The van der Waals surface area contributed by atoms with Gasteiger partial charge in [-0.2, -0.15) is 0 Å². The number of aliphatic hydroxyl groups is 1. The van der Waals surface area contributed by atoms with E-state index in [0.717, 1.165) is 38.0 Å². The van der Waals surface area contributed by atoms with E-state index in [1.165, 1.54) is 10.9 Å². The third kappa shape index (κ3) is 2.92. The van der Waals surface area contributed by atoms with E-state index >= 15 is 0 Å². The number of piperidine rings is 1. The van der Waals surface area contributed by atoms with E-state index in [1.54, 1.807) is 12.4 Å². The van der Waals surface area contributed by atoms with Gasteiger partial charge in [-0.15, -0.1) is 0 Å². The van der Waals surface area contributed by atoms with Gasteiger partial charge in [-0.05, 0) is 43.5 Å². The molecule has 24 heavy (non-hydrogen) atoms. The third-order valence-electron chi connectivity index (χ3n) is 4.92. The van der Waals surface area contributed by atoms with Gasteiger partial charge in [0.25, 0.3) is 0 Å². The molecule has 4 rings (SSSR count). The largest absolute Gasteiger partial charge is 0.390 e. The normalized spacial score (nSPS) is 18.1. The quantitative estimate of drug-likeness (QED) is 0.805. The maximum absolute atomic E-state index is 10.1. The molecule has 0 bridgehead atoms. The molecule has 0 saturated carbocycles. The summed E-state index contributed by atoms with van der Waals surface area (Å²) >= 11 is 0. The molecule has 0 aliphatic carbocycles. The molecule has 5 heteroatoms. The van der Waals surface area contributed by atoms with Crippen molar-refractivity contribution in [1.29, 1.82) is 0 Å². The number of fused-ring (bicyclic) bond motifs is 1. The molecule has 1 aliphatic rings. The van der Waals surface area contributed by atoms with Crippen LogP contribution in [0.3, 0.4) is 0 Å². The van der Waals surface area contributed by atoms with Crippen LogP contribution in [-0.4, -0.2) is 43.2 Å². The van der Waals surface area contributed by atoms with Crippen molar-refractivity contribution in [2.24, 2.45) is 0 Å². The Hall–Kier alpha value is -2.24. The average Bonchev–Trinajstić information content (AvgIpc) is 3.03. The van der Waals surface area contributed by atoms with Gasteiger partial charge in [-0.3, -0.25) is 9.47 Å². The maximum Gasteiger partial charge on any atom is 0.234 e. The van der Waals surface area contributed by atoms with Gasteiger partial charge in [-0.1, -0.05) is 12.1 Å². The van der Waals surface area contributed by atoms with Gasteiger partial charge >= 0.3 is 0 Å². The van der Waals surface area contributed by atoms with Gasteiger partial charge in [0.15, 0.2) is 0 Å². The first-order chi connectivity index (χ1) is 11.6. The number of aromatic nitrogens is 3. The van der Waals surface area contributed by atoms with Gasteiger partial charge in [0.1, 0.15) is 0 Å². The van der Waals surface area contributed by atoms with Crippen LogP contribution in [0.15, 0.2) is 48.9 Å². The van der Waals surface area contributed by atoms with Crippen LogP contribution >= 0.6 is 0 Å². The second-order valence-corrected chi connectivity index (χ2v) is 6.86. The lowest BCUT2D eigenvalue weighted by Crippen LogP contribution is -2.41. The monoisotopic (exact) mass is 322 g/mol. The standard InChI is InChI=1S/C19H22N4O/c1-19(24)7-12-22(13-8-19)14-15-4-2-5-17-16(15)6-11-23(17)18-20-9-3-10-21-18/h2-6,9-11,24H,7-8,12-14H2,1H3. The van der Waals surface area contributed by atoms with Crippen molar-refractivity contribution < 1.29 is 5.11 Å². The lowest BCUT2D eigenvalue weighted by molar-refractivity contribution is -0.00720. The Bertz CT molecular complexity index is 831. The van der Waals surface area contributed by atoms with E-state index in [-0.39, 0.29) is 0 Å². The Balaban J connectivity index is 1.62. The predicted molar refractivity (Wildman–Crippen MR) is 94.0 cm³/mol. The summed E-state index contributed by atoms with van der Waals surface area (Å²) in [5.41, 5.74) is 1.93. The van der Waals surface area contributed by atoms with Crippen LogP contribution in [0, 0.1) is 0 Å². The second-order valence-electron chi connectivity index (χ2n) is 6.86. The van der Waals surface area contributed by atoms with Gasteiger partial charge in [0.05, 0.1) is 11.1 Å². The molecule has 1 aromatic carbocycles. The highest BCUT2D eigenvalue weighted by atomic mass is 16.3. The molecule has 1 saturated heterocycles. The number of nitrogens with zero attached hydrogens (tertiary/aromatic N) is 4. The first-order valence-corrected chi connectivity index (χ1v) is 8.43. The van der Waals surface area contributed by atoms with Crippen molar-refractivity contribution in [2.45, 2.75) is 31.9 Å². The van der Waals surface area contributed by atoms with Crippen LogP contribution in [0.25, 0.3) is 16.9 Å². The highest BCUT2D eigenvalue weighted by molar-refractivity contribution is 5.84. The van der Waals surface area contributed by atoms with Gasteiger partial charge < -0.3 is 5.11 Å². The van der Waals surface area contributed by atoms with Crippen molar-refractivity contribution in [3.05, 3.63) is 54.5 Å². The number of rotatable bonds is 3. The SMILES string of the molecule is CC1(O)CCN(Cc2cccc3c2ccn3-c2ncccn2)CC1. The molecule has 2 aromatic heterocycles. The summed E-state index contributed by atoms with van der Waals surface area (Å²) in [5, 5.41) is 11.4. The predicted octanol–water partition coefficient (Wildman–Crippen LogP) is 2.77. The zero-order chi connectivity index (χ0) is 16.6. The molecule has 5 nitrogen and oxygen atoms in total. The lowest BCUT2D eigenvalue weighted by Gasteiger charge is -2.35. The summed E-state index contributed by atoms with van der Waals surface area (Å²) < 4.78 is 2.03. The minimum Gasteiger partial charge on any atom is -0.390 e. The molecule has 0 spiro atoms. The summed E-state index contributed by atoms with van der Waals surface area (Å²) in [5.74, 6) is 0.693. The molecular weight excluding hydrogens is 300 g/mol. The maximum atomic E-state index is 10.1. The molecule has 3 aromatic rings. The summed E-state index contributed by atoms with van der Waals surface area (Å²) in [6.45, 7) is 4.72. The van der Waals surface area contributed by atoms with Crippen LogP contribution in [0.4, 0.5) is 0 Å². The highest BCUT2D eigenvalue weighted by Crippen LogP contribution is 2.26. The molecule has 1 N–H and O–H groups in total. The second kappa shape index (κ2) is 6.00. The Kier molecular flexibility index (Phi) is 3.82. The molecule has 0 amide bonds. The van der Waals surface area contributed by atoms with Crippen molar-refractivity contribution >= 4 is 10.9 Å². The molecule has 0 unspecified atom stereocenters. The average molecular weight is 322 g/mol. The number of hydrogen-bond donors (Lipinski definition) is 1. The minimum absolute atomic E-state index is 0.503. The zero-order valence-corrected chi connectivity index (χ0v) is 13.9. The summed E-state index contributed by atoms with van der Waals surface area (Å²) in [7, 11) is 0. The van der Waals surface area contributed by atoms with E-state index in [4.69, 9.17) is 0 Å². The van der Waals surface area contributed by atoms with Crippen molar-refractivity contribution in [3.8, 4) is 5.95 Å². The Morgan fingerprint density at radius 1 is 1.08 bits per heavy atom. The fourth-order valence-electron chi connectivity index (χ4n) is 3.39. The van der Waals surface area contributed by atoms with E-state index in [9.17, 15) is 5.11 Å². The van der Waals surface area contributed by atoms with Gasteiger partial charge in [0.2, 0.25) is 5.95 Å². The first kappa shape index (κ1) is 15.3. The van der Waals surface area contributed by atoms with Crippen molar-refractivity contribution in [1.82, 2.24) is 19.4 Å². The van der Waals surface area contributed by atoms with Gasteiger partial charge in [-0.25, -0.2) is 9.97 Å². The Morgan fingerprint density at radius 2 is 1.83 bits per heavy atom. The summed E-state index contributed by atoms with van der Waals surface area (Å²) in [6, 6.07) is 10.4. The number of benzene rings is 1. The van der Waals surface area contributed by atoms with Crippen molar-refractivity contribution in [2.75, 3.05) is 13.1 Å². The molecule has 0 radical (unpaired) electrons. The van der Waals surface area contributed by atoms with Crippen LogP contribution in [0.1, 0.15) is 25.3 Å². The van der Waals surface area contributed by atoms with Crippen LogP contribution in [0.5, 0.6) is 0 Å². The molecule has 0 atom stereocenters. The fourth-order valence-corrected chi connectivity index (χ4v) is 3.39. The van der Waals surface area contributed by atoms with Crippen LogP contribution in [0.2, 0.25) is 0 Å². The van der Waals surface area contributed by atoms with Crippen LogP contribution < -0.4 is 0 Å². The molecule has 3 heterocycles. The van der Waals surface area contributed by atoms with Crippen LogP contribution in [-0.2, 0) is 6.54 Å². The fraction of sp³-hybridized carbons (Fsp3) is 0.368. The van der Waals surface area contributed by atoms with E-state index in [1.807, 2.05) is 23.8 Å². The molecular formula is C19H22N4O. The van der Waals surface area contributed by atoms with Gasteiger partial charge in [0, 0.05) is 43.6 Å². The zero-order valence-electron chi connectivity index (χ0n) is 13.9. The summed E-state index contributed by atoms with van der Waals surface area (Å²) in [6.07, 6.45) is 7.23. The number of hydrogen-bond acceptors (Lipinski definition) is 4. The van der Waals surface area contributed by atoms with E-state index in [2.05, 4.69) is 39.1 Å². The summed E-state index contributed by atoms with van der Waals surface area (Å²) in [4.78, 5) is 11.1. The molecule has 1 aliphatic heterocycles. The smallest absolute Gasteiger partial charge is 0.234 e. The topological polar surface area (TPSA) is 54.2 Å². The lowest BCUT2D eigenvalue weighted by atomic mass is 9.93. The first-order valence-electron chi connectivity index (χ1n) is 8.43. The molecule has 124 valence electrons. The number of likely N-dealkylation sites (tertiary alicyclic amines) is 1. The third-order valence-corrected chi connectivity index (χ3v) is 4.92.